The fourth-order valence-electron chi connectivity index (χ4n) is 3.60. The summed E-state index contributed by atoms with van der Waals surface area (Å²) in [6, 6.07) is 12.0. The number of aromatic hydroxyl groups is 1. The summed E-state index contributed by atoms with van der Waals surface area (Å²) in [7, 11) is 6.00. The predicted octanol–water partition coefficient (Wildman–Crippen LogP) is 2.14. The van der Waals surface area contributed by atoms with Crippen LogP contribution in [0.15, 0.2) is 57.9 Å². The quantitative estimate of drug-likeness (QED) is 0.195. The van der Waals surface area contributed by atoms with Gasteiger partial charge in [-0.3, -0.25) is 0 Å². The maximum absolute atomic E-state index is 13.0. The van der Waals surface area contributed by atoms with Crippen molar-refractivity contribution in [3.8, 4) is 5.75 Å². The maximum atomic E-state index is 13.0. The molecular formula is C26H29BrN2O7S. The minimum atomic E-state index is -1.51. The first-order valence-electron chi connectivity index (χ1n) is 11.2. The van der Waals surface area contributed by atoms with E-state index < -0.39 is 11.9 Å². The number of fused-ring (bicyclic) bond motifs is 1. The molecule has 11 heteroatoms. The van der Waals surface area contributed by atoms with Crippen LogP contribution < -0.4 is 10.0 Å². The molecule has 0 atom stereocenters. The lowest BCUT2D eigenvalue weighted by Gasteiger charge is -2.13. The average Bonchev–Trinajstić information content (AvgIpc) is 3.11. The smallest absolute Gasteiger partial charge is 0.340 e. The molecule has 0 bridgehead atoms. The van der Waals surface area contributed by atoms with Crippen molar-refractivity contribution in [1.82, 2.24) is 4.57 Å². The van der Waals surface area contributed by atoms with Crippen LogP contribution in [-0.2, 0) is 33.7 Å². The third-order valence-corrected chi connectivity index (χ3v) is 6.76. The molecule has 0 saturated carbocycles. The number of nitrogens with zero attached hydrogens (tertiary/aromatic N) is 1. The van der Waals surface area contributed by atoms with Gasteiger partial charge in [0.2, 0.25) is 0 Å². The Morgan fingerprint density at radius 2 is 1.84 bits per heavy atom. The Balaban J connectivity index is 0.000000521. The molecule has 1 heterocycles. The summed E-state index contributed by atoms with van der Waals surface area (Å²) < 4.78 is 8.07. The number of hydrogen-bond donors (Lipinski definition) is 3. The number of quaternary nitrogens is 1. The summed E-state index contributed by atoms with van der Waals surface area (Å²) in [5.41, 5.74) is 3.09. The van der Waals surface area contributed by atoms with Crippen LogP contribution in [0, 0.1) is 0 Å². The van der Waals surface area contributed by atoms with Crippen molar-refractivity contribution in [2.24, 2.45) is 7.05 Å². The first-order chi connectivity index (χ1) is 17.5. The van der Waals surface area contributed by atoms with Crippen LogP contribution in [-0.4, -0.2) is 53.4 Å². The molecule has 3 aromatic rings. The number of carboxylic acids is 2. The Kier molecular flexibility index (Phi) is 11.2. The molecule has 37 heavy (non-hydrogen) atoms. The van der Waals surface area contributed by atoms with E-state index in [9.17, 15) is 24.6 Å². The number of phenolic OH excluding ortho intramolecular Hbond substituents is 1. The van der Waals surface area contributed by atoms with Gasteiger partial charge in [-0.05, 0) is 47.1 Å². The van der Waals surface area contributed by atoms with Gasteiger partial charge in [-0.25, -0.2) is 9.59 Å². The number of carbonyl (C=O) groups is 3. The summed E-state index contributed by atoms with van der Waals surface area (Å²) in [6.45, 7) is 2.70. The van der Waals surface area contributed by atoms with Gasteiger partial charge in [-0.1, -0.05) is 18.2 Å². The summed E-state index contributed by atoms with van der Waals surface area (Å²) in [5.74, 6) is -2.35. The van der Waals surface area contributed by atoms with Gasteiger partial charge in [0.25, 0.3) is 0 Å². The lowest BCUT2D eigenvalue weighted by Crippen LogP contribution is -3.04. The summed E-state index contributed by atoms with van der Waals surface area (Å²) in [5, 5.41) is 28.8. The highest BCUT2D eigenvalue weighted by molar-refractivity contribution is 9.10. The van der Waals surface area contributed by atoms with E-state index in [-0.39, 0.29) is 11.7 Å². The zero-order valence-electron chi connectivity index (χ0n) is 20.9. The zero-order chi connectivity index (χ0) is 27.7. The molecule has 3 rings (SSSR count). The number of ether oxygens (including phenoxy) is 1. The van der Waals surface area contributed by atoms with Crippen molar-refractivity contribution in [3.05, 3.63) is 69.8 Å². The Morgan fingerprint density at radius 1 is 1.19 bits per heavy atom. The molecule has 0 unspecified atom stereocenters. The number of nitrogens with one attached hydrogen (secondary N) is 1. The van der Waals surface area contributed by atoms with E-state index in [2.05, 4.69) is 28.1 Å². The molecule has 0 aliphatic rings. The van der Waals surface area contributed by atoms with Gasteiger partial charge in [0.05, 0.1) is 47.8 Å². The van der Waals surface area contributed by atoms with Crippen molar-refractivity contribution in [3.63, 3.8) is 0 Å². The second-order valence-corrected chi connectivity index (χ2v) is 10.1. The molecule has 3 N–H and O–H groups in total. The van der Waals surface area contributed by atoms with E-state index >= 15 is 0 Å². The topological polar surface area (TPSA) is 133 Å². The van der Waals surface area contributed by atoms with Crippen LogP contribution in [0.2, 0.25) is 0 Å². The minimum Gasteiger partial charge on any atom is -0.545 e. The van der Waals surface area contributed by atoms with Gasteiger partial charge in [-0.2, -0.15) is 0 Å². The maximum Gasteiger partial charge on any atom is 0.340 e. The predicted molar refractivity (Wildman–Crippen MR) is 143 cm³/mol. The summed E-state index contributed by atoms with van der Waals surface area (Å²) >= 11 is 5.15. The number of thioether (sulfide) groups is 1. The number of esters is 1. The van der Waals surface area contributed by atoms with Crippen molar-refractivity contribution >= 4 is 56.5 Å². The van der Waals surface area contributed by atoms with Gasteiger partial charge < -0.3 is 34.3 Å². The third kappa shape index (κ3) is 8.11. The fourth-order valence-corrected chi connectivity index (χ4v) is 5.05. The number of aromatic nitrogens is 1. The van der Waals surface area contributed by atoms with Crippen molar-refractivity contribution < 1.29 is 39.3 Å². The lowest BCUT2D eigenvalue weighted by molar-refractivity contribution is -0.872. The number of hydrogen-bond acceptors (Lipinski definition) is 7. The SMILES string of the molecule is CCOC(=O)c1c(CSc2ccccc2)n(C)c2cc(Br)c(O)c(C[NH+](C)C)c12.O=C([O-])/C=C\C(=O)O. The fraction of sp³-hybridized carbons (Fsp3) is 0.269. The van der Waals surface area contributed by atoms with E-state index in [1.165, 1.54) is 0 Å². The Labute approximate surface area is 227 Å². The molecule has 0 amide bonds. The second kappa shape index (κ2) is 13.9. The standard InChI is InChI=1S/C22H25BrN2O3S.C4H4O4/c1-5-28-22(27)20-18(13-29-14-9-7-6-8-10-14)25(4)17-11-16(23)21(26)15(19(17)20)12-24(2)3;5-3(6)1-2-4(7)8/h6-11,26H,5,12-13H2,1-4H3;1-2H,(H,5,6)(H,7,8)/b;2-1-. The molecule has 0 aliphatic heterocycles. The van der Waals surface area contributed by atoms with Crippen molar-refractivity contribution in [1.29, 1.82) is 0 Å². The van der Waals surface area contributed by atoms with E-state index in [0.717, 1.165) is 32.0 Å². The molecule has 2 aromatic carbocycles. The normalized spacial score (nSPS) is 11.0. The second-order valence-electron chi connectivity index (χ2n) is 8.16. The molecule has 9 nitrogen and oxygen atoms in total. The first-order valence-corrected chi connectivity index (χ1v) is 13.0. The first kappa shape index (κ1) is 29.9. The highest BCUT2D eigenvalue weighted by Crippen LogP contribution is 2.40. The number of benzene rings is 2. The van der Waals surface area contributed by atoms with Gasteiger partial charge in [0.1, 0.15) is 12.3 Å². The van der Waals surface area contributed by atoms with Crippen LogP contribution in [0.1, 0.15) is 28.5 Å². The van der Waals surface area contributed by atoms with E-state index in [1.807, 2.05) is 50.0 Å². The minimum absolute atomic E-state index is 0.178. The van der Waals surface area contributed by atoms with Gasteiger partial charge in [0.15, 0.2) is 0 Å². The monoisotopic (exact) mass is 592 g/mol. The Morgan fingerprint density at radius 3 is 2.35 bits per heavy atom. The van der Waals surface area contributed by atoms with Crippen LogP contribution in [0.3, 0.4) is 0 Å². The van der Waals surface area contributed by atoms with Crippen LogP contribution in [0.5, 0.6) is 5.75 Å². The van der Waals surface area contributed by atoms with Gasteiger partial charge in [0, 0.05) is 34.9 Å². The summed E-state index contributed by atoms with van der Waals surface area (Å²) in [4.78, 5) is 34.2. The highest BCUT2D eigenvalue weighted by atomic mass is 79.9. The number of phenols is 1. The molecular weight excluding hydrogens is 564 g/mol. The number of carboxylic acid groups (broad SMARTS) is 2. The molecule has 0 spiro atoms. The highest BCUT2D eigenvalue weighted by Gasteiger charge is 2.28. The van der Waals surface area contributed by atoms with Crippen LogP contribution >= 0.6 is 27.7 Å². The average molecular weight is 593 g/mol. The van der Waals surface area contributed by atoms with E-state index in [0.29, 0.717) is 41.1 Å². The largest absolute Gasteiger partial charge is 0.545 e. The molecule has 198 valence electrons. The third-order valence-electron chi connectivity index (χ3n) is 5.13. The van der Waals surface area contributed by atoms with Gasteiger partial charge in [-0.15, -0.1) is 11.8 Å². The van der Waals surface area contributed by atoms with Crippen molar-refractivity contribution in [2.75, 3.05) is 20.7 Å². The zero-order valence-corrected chi connectivity index (χ0v) is 23.3. The number of aliphatic carboxylic acids is 2. The van der Waals surface area contributed by atoms with Crippen LogP contribution in [0.4, 0.5) is 0 Å². The number of carbonyl (C=O) groups excluding carboxylic acids is 2. The van der Waals surface area contributed by atoms with E-state index in [1.54, 1.807) is 18.7 Å². The number of rotatable bonds is 9. The molecule has 0 fully saturated rings. The molecule has 0 radical (unpaired) electrons. The molecule has 0 saturated heterocycles. The van der Waals surface area contributed by atoms with Gasteiger partial charge >= 0.3 is 11.9 Å². The number of halogens is 1. The lowest BCUT2D eigenvalue weighted by atomic mass is 10.0. The van der Waals surface area contributed by atoms with E-state index in [4.69, 9.17) is 9.84 Å². The Hall–Kier alpha value is -3.28. The summed E-state index contributed by atoms with van der Waals surface area (Å²) in [6.07, 6.45) is 0.942. The molecule has 0 aliphatic carbocycles. The molecule has 1 aromatic heterocycles. The Bertz CT molecular complexity index is 1290. The van der Waals surface area contributed by atoms with Crippen LogP contribution in [0.25, 0.3) is 10.9 Å². The number of aryl methyl sites for hydroxylation is 1. The van der Waals surface area contributed by atoms with Crippen molar-refractivity contribution in [2.45, 2.75) is 24.1 Å².